The zero-order chi connectivity index (χ0) is 8.13. The van der Waals surface area contributed by atoms with Crippen molar-refractivity contribution in [1.82, 2.24) is 0 Å². The molecule has 0 unspecified atom stereocenters. The van der Waals surface area contributed by atoms with Gasteiger partial charge in [-0.25, -0.2) is 0 Å². The van der Waals surface area contributed by atoms with Crippen LogP contribution in [0, 0.1) is 6.92 Å². The van der Waals surface area contributed by atoms with E-state index < -0.39 is 0 Å². The van der Waals surface area contributed by atoms with E-state index in [1.165, 1.54) is 16.3 Å². The molecule has 1 heteroatoms. The van der Waals surface area contributed by atoms with E-state index in [1.807, 2.05) is 6.07 Å². The summed E-state index contributed by atoms with van der Waals surface area (Å²) in [6.07, 6.45) is 0. The summed E-state index contributed by atoms with van der Waals surface area (Å²) in [4.78, 5) is 0. The number of aryl methyl sites for hydroxylation is 1. The summed E-state index contributed by atoms with van der Waals surface area (Å²) in [5.74, 6) is 2.15. The first kappa shape index (κ1) is 6.06. The molecule has 1 nitrogen and oxygen atoms in total. The molecule has 58 valence electrons. The Hall–Kier alpha value is -1.50. The summed E-state index contributed by atoms with van der Waals surface area (Å²) in [5, 5.41) is 2.50. The second kappa shape index (κ2) is 1.81. The zero-order valence-electron chi connectivity index (χ0n) is 6.79. The van der Waals surface area contributed by atoms with Gasteiger partial charge in [0, 0.05) is 5.39 Å². The highest BCUT2D eigenvalue weighted by atomic mass is 16.6. The predicted octanol–water partition coefficient (Wildman–Crippen LogP) is 3.25. The quantitative estimate of drug-likeness (QED) is 0.455. The fraction of sp³-hybridized carbons (Fsp3) is 0.0909. The van der Waals surface area contributed by atoms with E-state index in [9.17, 15) is 0 Å². The molecule has 2 aromatic rings. The maximum absolute atomic E-state index is 5.38. The third kappa shape index (κ3) is 0.632. The maximum Gasteiger partial charge on any atom is 0.178 e. The molecule has 12 heavy (non-hydrogen) atoms. The highest BCUT2D eigenvalue weighted by Gasteiger charge is 2.25. The topological polar surface area (TPSA) is 12.5 Å². The molecule has 2 aromatic carbocycles. The molecular formula is C11H8O. The van der Waals surface area contributed by atoms with Gasteiger partial charge in [-0.1, -0.05) is 24.3 Å². The summed E-state index contributed by atoms with van der Waals surface area (Å²) in [5.41, 5.74) is 1.24. The van der Waals surface area contributed by atoms with Crippen LogP contribution in [0.3, 0.4) is 0 Å². The van der Waals surface area contributed by atoms with E-state index in [-0.39, 0.29) is 0 Å². The molecule has 0 bridgehead atoms. The van der Waals surface area contributed by atoms with E-state index in [4.69, 9.17) is 4.74 Å². The van der Waals surface area contributed by atoms with Gasteiger partial charge in [-0.05, 0) is 23.9 Å². The molecule has 3 rings (SSSR count). The first-order valence-corrected chi connectivity index (χ1v) is 4.06. The minimum Gasteiger partial charge on any atom is -0.449 e. The Morgan fingerprint density at radius 3 is 2.83 bits per heavy atom. The van der Waals surface area contributed by atoms with Crippen LogP contribution in [0.25, 0.3) is 10.8 Å². The van der Waals surface area contributed by atoms with Crippen LogP contribution in [0.4, 0.5) is 0 Å². The molecule has 0 spiro atoms. The lowest BCUT2D eigenvalue weighted by Gasteiger charge is -1.92. The second-order valence-corrected chi connectivity index (χ2v) is 3.17. The SMILES string of the molecule is Cc1cc2ccccc2c2c1O2. The third-order valence-corrected chi connectivity index (χ3v) is 2.30. The third-order valence-electron chi connectivity index (χ3n) is 2.30. The Morgan fingerprint density at radius 2 is 1.92 bits per heavy atom. The molecule has 0 fully saturated rings. The Labute approximate surface area is 70.6 Å². The molecule has 0 atom stereocenters. The van der Waals surface area contributed by atoms with Gasteiger partial charge in [0.15, 0.2) is 11.5 Å². The van der Waals surface area contributed by atoms with Gasteiger partial charge < -0.3 is 4.74 Å². The molecule has 0 saturated carbocycles. The molecule has 0 saturated heterocycles. The molecule has 1 aliphatic heterocycles. The molecule has 0 aromatic heterocycles. The van der Waals surface area contributed by atoms with Crippen molar-refractivity contribution in [2.24, 2.45) is 0 Å². The van der Waals surface area contributed by atoms with Crippen LogP contribution in [0.5, 0.6) is 11.5 Å². The van der Waals surface area contributed by atoms with Gasteiger partial charge in [-0.15, -0.1) is 0 Å². The first-order chi connectivity index (χ1) is 5.86. The van der Waals surface area contributed by atoms with E-state index in [0.717, 1.165) is 11.5 Å². The van der Waals surface area contributed by atoms with Crippen molar-refractivity contribution in [3.63, 3.8) is 0 Å². The van der Waals surface area contributed by atoms with Crippen molar-refractivity contribution in [2.75, 3.05) is 0 Å². The van der Waals surface area contributed by atoms with Gasteiger partial charge >= 0.3 is 0 Å². The van der Waals surface area contributed by atoms with Gasteiger partial charge in [0.2, 0.25) is 0 Å². The molecular weight excluding hydrogens is 148 g/mol. The number of hydrogen-bond donors (Lipinski definition) is 0. The second-order valence-electron chi connectivity index (χ2n) is 3.17. The average Bonchev–Trinajstić information content (AvgIpc) is 2.84. The van der Waals surface area contributed by atoms with Gasteiger partial charge in [-0.3, -0.25) is 0 Å². The van der Waals surface area contributed by atoms with Crippen molar-refractivity contribution in [2.45, 2.75) is 6.92 Å². The van der Waals surface area contributed by atoms with Crippen LogP contribution in [-0.2, 0) is 0 Å². The lowest BCUT2D eigenvalue weighted by molar-refractivity contribution is 0.650. The Balaban J connectivity index is 2.53. The monoisotopic (exact) mass is 156 g/mol. The van der Waals surface area contributed by atoms with Crippen molar-refractivity contribution in [3.8, 4) is 11.5 Å². The van der Waals surface area contributed by atoms with Gasteiger partial charge in [0.25, 0.3) is 0 Å². The molecule has 0 amide bonds. The van der Waals surface area contributed by atoms with Crippen LogP contribution in [0.1, 0.15) is 5.56 Å². The molecule has 1 heterocycles. The summed E-state index contributed by atoms with van der Waals surface area (Å²) < 4.78 is 5.38. The Morgan fingerprint density at radius 1 is 1.08 bits per heavy atom. The van der Waals surface area contributed by atoms with Gasteiger partial charge in [0.1, 0.15) is 0 Å². The minimum absolute atomic E-state index is 1.07. The van der Waals surface area contributed by atoms with Crippen molar-refractivity contribution < 1.29 is 4.74 Å². The van der Waals surface area contributed by atoms with Crippen molar-refractivity contribution in [1.29, 1.82) is 0 Å². The van der Waals surface area contributed by atoms with Crippen LogP contribution < -0.4 is 4.74 Å². The maximum atomic E-state index is 5.38. The number of hydrogen-bond acceptors (Lipinski definition) is 1. The summed E-state index contributed by atoms with van der Waals surface area (Å²) >= 11 is 0. The van der Waals surface area contributed by atoms with Crippen LogP contribution >= 0.6 is 0 Å². The largest absolute Gasteiger partial charge is 0.449 e. The normalized spacial score (nSPS) is 12.4. The summed E-state index contributed by atoms with van der Waals surface area (Å²) in [6.45, 7) is 2.08. The van der Waals surface area contributed by atoms with E-state index in [1.54, 1.807) is 0 Å². The fourth-order valence-electron chi connectivity index (χ4n) is 1.64. The van der Waals surface area contributed by atoms with Gasteiger partial charge in [-0.2, -0.15) is 0 Å². The molecule has 1 aliphatic rings. The number of benzene rings is 2. The summed E-state index contributed by atoms with van der Waals surface area (Å²) in [6, 6.07) is 10.5. The van der Waals surface area contributed by atoms with Crippen LogP contribution in [0.2, 0.25) is 0 Å². The average molecular weight is 156 g/mol. The van der Waals surface area contributed by atoms with Crippen molar-refractivity contribution >= 4 is 10.8 Å². The number of rotatable bonds is 0. The van der Waals surface area contributed by atoms with Gasteiger partial charge in [0.05, 0.1) is 0 Å². The van der Waals surface area contributed by atoms with E-state index >= 15 is 0 Å². The highest BCUT2D eigenvalue weighted by Crippen LogP contribution is 2.52. The number of fused-ring (bicyclic) bond motifs is 3. The number of ether oxygens (including phenoxy) is 1. The zero-order valence-corrected chi connectivity index (χ0v) is 6.79. The molecule has 0 aliphatic carbocycles. The smallest absolute Gasteiger partial charge is 0.178 e. The minimum atomic E-state index is 1.07. The van der Waals surface area contributed by atoms with Crippen molar-refractivity contribution in [3.05, 3.63) is 35.9 Å². The summed E-state index contributed by atoms with van der Waals surface area (Å²) in [7, 11) is 0. The lowest BCUT2D eigenvalue weighted by atomic mass is 10.1. The molecule has 0 radical (unpaired) electrons. The standard InChI is InChI=1S/C11H8O/c1-7-6-8-4-2-3-5-9(8)11-10(7)12-11/h2-6H,1H3. The lowest BCUT2D eigenvalue weighted by Crippen LogP contribution is -1.67. The fourth-order valence-corrected chi connectivity index (χ4v) is 1.64. The van der Waals surface area contributed by atoms with Crippen LogP contribution in [0.15, 0.2) is 30.3 Å². The van der Waals surface area contributed by atoms with Crippen LogP contribution in [-0.4, -0.2) is 0 Å². The Bertz CT molecular complexity index is 472. The Kier molecular flexibility index (Phi) is 0.912. The first-order valence-electron chi connectivity index (χ1n) is 4.06. The molecule has 0 N–H and O–H groups in total. The predicted molar refractivity (Wildman–Crippen MR) is 48.8 cm³/mol. The van der Waals surface area contributed by atoms with E-state index in [2.05, 4.69) is 31.2 Å². The van der Waals surface area contributed by atoms with E-state index in [0.29, 0.717) is 0 Å². The highest BCUT2D eigenvalue weighted by molar-refractivity contribution is 5.96.